The van der Waals surface area contributed by atoms with Crippen molar-refractivity contribution in [1.29, 1.82) is 0 Å². The zero-order valence-corrected chi connectivity index (χ0v) is 12.5. The molecule has 118 valence electrons. The third-order valence-corrected chi connectivity index (χ3v) is 4.89. The third-order valence-electron chi connectivity index (χ3n) is 4.89. The number of carbonyl (C=O) groups excluding carboxylic acids is 2. The van der Waals surface area contributed by atoms with Crippen LogP contribution < -0.4 is 0 Å². The first-order valence-electron chi connectivity index (χ1n) is 7.57. The summed E-state index contributed by atoms with van der Waals surface area (Å²) in [6.45, 7) is 1.02. The summed E-state index contributed by atoms with van der Waals surface area (Å²) in [6, 6.07) is 0. The molecule has 0 radical (unpaired) electrons. The largest absolute Gasteiger partial charge is 0.481 e. The number of hydrogen-bond donors (Lipinski definition) is 1. The Morgan fingerprint density at radius 3 is 2.24 bits per heavy atom. The van der Waals surface area contributed by atoms with Gasteiger partial charge in [0.1, 0.15) is 0 Å². The molecule has 1 amide bonds. The molecule has 1 saturated heterocycles. The number of carboxylic acid groups (broad SMARTS) is 1. The maximum Gasteiger partial charge on any atom is 0.310 e. The molecule has 0 unspecified atom stereocenters. The van der Waals surface area contributed by atoms with Crippen molar-refractivity contribution in [1.82, 2.24) is 4.90 Å². The van der Waals surface area contributed by atoms with Crippen molar-refractivity contribution in [2.45, 2.75) is 44.9 Å². The second-order valence-electron chi connectivity index (χ2n) is 6.15. The molecule has 0 bridgehead atoms. The van der Waals surface area contributed by atoms with Crippen molar-refractivity contribution in [3.8, 4) is 0 Å². The van der Waals surface area contributed by atoms with E-state index in [0.717, 1.165) is 12.8 Å². The van der Waals surface area contributed by atoms with Gasteiger partial charge >= 0.3 is 11.9 Å². The van der Waals surface area contributed by atoms with Crippen molar-refractivity contribution in [2.75, 3.05) is 20.2 Å². The van der Waals surface area contributed by atoms with Crippen molar-refractivity contribution < 1.29 is 24.2 Å². The van der Waals surface area contributed by atoms with Crippen LogP contribution in [0.25, 0.3) is 0 Å². The molecule has 1 heterocycles. The molecule has 0 aromatic rings. The van der Waals surface area contributed by atoms with E-state index in [2.05, 4.69) is 0 Å². The molecule has 1 aliphatic heterocycles. The van der Waals surface area contributed by atoms with E-state index in [9.17, 15) is 19.5 Å². The summed E-state index contributed by atoms with van der Waals surface area (Å²) in [5.41, 5.74) is -0.865. The van der Waals surface area contributed by atoms with Gasteiger partial charge in [0, 0.05) is 19.5 Å². The van der Waals surface area contributed by atoms with Gasteiger partial charge in [0.15, 0.2) is 0 Å². The summed E-state index contributed by atoms with van der Waals surface area (Å²) in [4.78, 5) is 37.0. The summed E-state index contributed by atoms with van der Waals surface area (Å²) < 4.78 is 4.72. The quantitative estimate of drug-likeness (QED) is 0.794. The second kappa shape index (κ2) is 6.45. The Morgan fingerprint density at radius 2 is 1.76 bits per heavy atom. The first-order chi connectivity index (χ1) is 9.98. The van der Waals surface area contributed by atoms with Gasteiger partial charge in [-0.3, -0.25) is 14.4 Å². The average Bonchev–Trinajstić information content (AvgIpc) is 2.96. The molecule has 2 rings (SSSR count). The highest BCUT2D eigenvalue weighted by atomic mass is 16.5. The number of hydrogen-bond acceptors (Lipinski definition) is 4. The SMILES string of the molecule is COC(=O)C1CCN(C(=O)CC2(C(=O)O)CCCC2)CC1. The Bertz CT molecular complexity index is 420. The minimum absolute atomic E-state index is 0.0885. The lowest BCUT2D eigenvalue weighted by Crippen LogP contribution is -2.43. The van der Waals surface area contributed by atoms with Crippen LogP contribution >= 0.6 is 0 Å². The number of methoxy groups -OCH3 is 1. The molecule has 1 aliphatic carbocycles. The molecule has 6 nitrogen and oxygen atoms in total. The van der Waals surface area contributed by atoms with Gasteiger partial charge < -0.3 is 14.7 Å². The molecule has 0 aromatic carbocycles. The number of likely N-dealkylation sites (tertiary alicyclic amines) is 1. The van der Waals surface area contributed by atoms with Crippen molar-refractivity contribution in [3.05, 3.63) is 0 Å². The van der Waals surface area contributed by atoms with E-state index >= 15 is 0 Å². The fraction of sp³-hybridized carbons (Fsp3) is 0.800. The molecular weight excluding hydrogens is 274 g/mol. The number of aliphatic carboxylic acids is 1. The van der Waals surface area contributed by atoms with Crippen LogP contribution in [0.1, 0.15) is 44.9 Å². The molecule has 21 heavy (non-hydrogen) atoms. The van der Waals surface area contributed by atoms with E-state index in [-0.39, 0.29) is 24.2 Å². The highest BCUT2D eigenvalue weighted by molar-refractivity contribution is 5.85. The first kappa shape index (κ1) is 15.8. The van der Waals surface area contributed by atoms with Gasteiger partial charge in [0.2, 0.25) is 5.91 Å². The van der Waals surface area contributed by atoms with Gasteiger partial charge in [-0.15, -0.1) is 0 Å². The predicted octanol–water partition coefficient (Wildman–Crippen LogP) is 1.43. The Morgan fingerprint density at radius 1 is 1.19 bits per heavy atom. The van der Waals surface area contributed by atoms with Crippen molar-refractivity contribution >= 4 is 17.8 Å². The maximum atomic E-state index is 12.4. The van der Waals surface area contributed by atoms with Gasteiger partial charge in [0.25, 0.3) is 0 Å². The van der Waals surface area contributed by atoms with E-state index in [1.54, 1.807) is 4.90 Å². The molecular formula is C15H23NO5. The molecule has 2 fully saturated rings. The zero-order chi connectivity index (χ0) is 15.5. The number of rotatable bonds is 4. The molecule has 0 aromatic heterocycles. The Balaban J connectivity index is 1.90. The van der Waals surface area contributed by atoms with E-state index in [1.165, 1.54) is 7.11 Å². The van der Waals surface area contributed by atoms with Crippen LogP contribution in [0.2, 0.25) is 0 Å². The summed E-state index contributed by atoms with van der Waals surface area (Å²) in [7, 11) is 1.37. The van der Waals surface area contributed by atoms with Gasteiger partial charge in [-0.1, -0.05) is 12.8 Å². The van der Waals surface area contributed by atoms with Crippen molar-refractivity contribution in [3.63, 3.8) is 0 Å². The average molecular weight is 297 g/mol. The minimum atomic E-state index is -0.865. The van der Waals surface area contributed by atoms with Gasteiger partial charge in [-0.2, -0.15) is 0 Å². The lowest BCUT2D eigenvalue weighted by Gasteiger charge is -2.33. The smallest absolute Gasteiger partial charge is 0.310 e. The van der Waals surface area contributed by atoms with E-state index in [1.807, 2.05) is 0 Å². The summed E-state index contributed by atoms with van der Waals surface area (Å²) in [6.07, 6.45) is 4.22. The number of amides is 1. The second-order valence-corrected chi connectivity index (χ2v) is 6.15. The van der Waals surface area contributed by atoms with E-state index in [0.29, 0.717) is 38.8 Å². The minimum Gasteiger partial charge on any atom is -0.481 e. The molecule has 1 N–H and O–H groups in total. The van der Waals surface area contributed by atoms with E-state index in [4.69, 9.17) is 4.74 Å². The molecule has 0 spiro atoms. The maximum absolute atomic E-state index is 12.4. The Labute approximate surface area is 124 Å². The number of esters is 1. The number of nitrogens with zero attached hydrogens (tertiary/aromatic N) is 1. The highest BCUT2D eigenvalue weighted by Gasteiger charge is 2.44. The molecule has 2 aliphatic rings. The van der Waals surface area contributed by atoms with E-state index < -0.39 is 11.4 Å². The standard InChI is InChI=1S/C15H23NO5/c1-21-13(18)11-4-8-16(9-5-11)12(17)10-15(14(19)20)6-2-3-7-15/h11H,2-10H2,1H3,(H,19,20). The number of piperidine rings is 1. The highest BCUT2D eigenvalue weighted by Crippen LogP contribution is 2.42. The summed E-state index contributed by atoms with van der Waals surface area (Å²) >= 11 is 0. The van der Waals surface area contributed by atoms with Crippen molar-refractivity contribution in [2.24, 2.45) is 11.3 Å². The number of carboxylic acids is 1. The lowest BCUT2D eigenvalue weighted by molar-refractivity contribution is -0.154. The monoisotopic (exact) mass is 297 g/mol. The van der Waals surface area contributed by atoms with Crippen LogP contribution in [0.15, 0.2) is 0 Å². The molecule has 6 heteroatoms. The van der Waals surface area contributed by atoms with Gasteiger partial charge in [-0.25, -0.2) is 0 Å². The van der Waals surface area contributed by atoms with Crippen LogP contribution in [-0.2, 0) is 19.1 Å². The van der Waals surface area contributed by atoms with Crippen LogP contribution in [0.3, 0.4) is 0 Å². The fourth-order valence-electron chi connectivity index (χ4n) is 3.45. The number of ether oxygens (including phenoxy) is 1. The fourth-order valence-corrected chi connectivity index (χ4v) is 3.45. The van der Waals surface area contributed by atoms with Gasteiger partial charge in [-0.05, 0) is 25.7 Å². The molecule has 1 saturated carbocycles. The van der Waals surface area contributed by atoms with Crippen LogP contribution in [0.4, 0.5) is 0 Å². The first-order valence-corrected chi connectivity index (χ1v) is 7.57. The number of carbonyl (C=O) groups is 3. The zero-order valence-electron chi connectivity index (χ0n) is 12.5. The van der Waals surface area contributed by atoms with Crippen LogP contribution in [0, 0.1) is 11.3 Å². The topological polar surface area (TPSA) is 83.9 Å². The normalized spacial score (nSPS) is 22.0. The summed E-state index contributed by atoms with van der Waals surface area (Å²) in [5.74, 6) is -1.31. The van der Waals surface area contributed by atoms with Gasteiger partial charge in [0.05, 0.1) is 18.4 Å². The van der Waals surface area contributed by atoms with Crippen LogP contribution in [0.5, 0.6) is 0 Å². The third kappa shape index (κ3) is 3.36. The lowest BCUT2D eigenvalue weighted by atomic mass is 9.82. The van der Waals surface area contributed by atoms with Crippen LogP contribution in [-0.4, -0.2) is 48.1 Å². The predicted molar refractivity (Wildman–Crippen MR) is 74.5 cm³/mol. The molecule has 0 atom stereocenters. The Kier molecular flexibility index (Phi) is 4.85. The summed E-state index contributed by atoms with van der Waals surface area (Å²) in [5, 5.41) is 9.43. The Hall–Kier alpha value is -1.59.